The van der Waals surface area contributed by atoms with Crippen molar-refractivity contribution in [2.75, 3.05) is 12.5 Å². The predicted molar refractivity (Wildman–Crippen MR) is 62.1 cm³/mol. The van der Waals surface area contributed by atoms with Gasteiger partial charge in [0.15, 0.2) is 0 Å². The lowest BCUT2D eigenvalue weighted by molar-refractivity contribution is -0.152. The second-order valence-electron chi connectivity index (χ2n) is 3.44. The van der Waals surface area contributed by atoms with Crippen LogP contribution in [0.5, 0.6) is 0 Å². The number of anilines is 1. The lowest BCUT2D eigenvalue weighted by Gasteiger charge is -2.05. The zero-order chi connectivity index (χ0) is 12.7. The van der Waals surface area contributed by atoms with Crippen molar-refractivity contribution in [3.05, 3.63) is 29.8 Å². The van der Waals surface area contributed by atoms with Gasteiger partial charge in [0.2, 0.25) is 6.79 Å². The van der Waals surface area contributed by atoms with E-state index in [1.807, 2.05) is 6.92 Å². The summed E-state index contributed by atoms with van der Waals surface area (Å²) in [4.78, 5) is 22.4. The summed E-state index contributed by atoms with van der Waals surface area (Å²) in [6.07, 6.45) is 1.02. The Hall–Kier alpha value is -2.04. The molecule has 0 saturated carbocycles. The van der Waals surface area contributed by atoms with Crippen LogP contribution in [-0.4, -0.2) is 18.7 Å². The summed E-state index contributed by atoms with van der Waals surface area (Å²) >= 11 is 0. The van der Waals surface area contributed by atoms with E-state index in [9.17, 15) is 9.59 Å². The molecule has 0 amide bonds. The molecule has 0 atom stereocenters. The number of rotatable bonds is 5. The summed E-state index contributed by atoms with van der Waals surface area (Å²) in [7, 11) is 0. The van der Waals surface area contributed by atoms with Gasteiger partial charge in [0, 0.05) is 12.1 Å². The molecule has 1 rings (SSSR count). The Morgan fingerprint density at radius 3 is 2.41 bits per heavy atom. The molecule has 0 fully saturated rings. The third-order valence-corrected chi connectivity index (χ3v) is 2.01. The highest BCUT2D eigenvalue weighted by Crippen LogP contribution is 2.06. The zero-order valence-corrected chi connectivity index (χ0v) is 9.64. The van der Waals surface area contributed by atoms with Crippen LogP contribution < -0.4 is 5.73 Å². The molecule has 0 saturated heterocycles. The van der Waals surface area contributed by atoms with Crippen molar-refractivity contribution in [3.8, 4) is 0 Å². The summed E-state index contributed by atoms with van der Waals surface area (Å²) in [5.74, 6) is -0.924. The number of nitrogens with two attached hydrogens (primary N) is 1. The molecule has 5 heteroatoms. The van der Waals surface area contributed by atoms with Crippen LogP contribution in [0.3, 0.4) is 0 Å². The van der Waals surface area contributed by atoms with Gasteiger partial charge < -0.3 is 15.2 Å². The third kappa shape index (κ3) is 4.55. The van der Waals surface area contributed by atoms with Gasteiger partial charge in [-0.2, -0.15) is 0 Å². The van der Waals surface area contributed by atoms with E-state index in [2.05, 4.69) is 0 Å². The van der Waals surface area contributed by atoms with Gasteiger partial charge in [-0.3, -0.25) is 4.79 Å². The molecule has 0 aromatic heterocycles. The zero-order valence-electron chi connectivity index (χ0n) is 9.64. The van der Waals surface area contributed by atoms with E-state index >= 15 is 0 Å². The van der Waals surface area contributed by atoms with Gasteiger partial charge in [-0.25, -0.2) is 4.79 Å². The standard InChI is InChI=1S/C12H15NO4/c1-2-3-11(14)16-8-17-12(15)9-4-6-10(13)7-5-9/h4-7H,2-3,8,13H2,1H3. The molecule has 5 nitrogen and oxygen atoms in total. The number of hydrogen-bond donors (Lipinski definition) is 1. The maximum absolute atomic E-state index is 11.4. The van der Waals surface area contributed by atoms with Crippen LogP contribution in [0.15, 0.2) is 24.3 Å². The van der Waals surface area contributed by atoms with Crippen molar-refractivity contribution in [2.24, 2.45) is 0 Å². The average Bonchev–Trinajstić information content (AvgIpc) is 2.30. The fraction of sp³-hybridized carbons (Fsp3) is 0.333. The van der Waals surface area contributed by atoms with Gasteiger partial charge in [0.1, 0.15) is 0 Å². The normalized spacial score (nSPS) is 9.71. The SMILES string of the molecule is CCCC(=O)OCOC(=O)c1ccc(N)cc1. The molecular formula is C12H15NO4. The van der Waals surface area contributed by atoms with Crippen molar-refractivity contribution in [2.45, 2.75) is 19.8 Å². The van der Waals surface area contributed by atoms with E-state index in [-0.39, 0.29) is 12.8 Å². The molecule has 0 bridgehead atoms. The highest BCUT2D eigenvalue weighted by molar-refractivity contribution is 5.89. The van der Waals surface area contributed by atoms with Gasteiger partial charge in [0.05, 0.1) is 5.56 Å². The molecular weight excluding hydrogens is 222 g/mol. The fourth-order valence-electron chi connectivity index (χ4n) is 1.13. The number of benzene rings is 1. The van der Waals surface area contributed by atoms with E-state index in [0.717, 1.165) is 0 Å². The Morgan fingerprint density at radius 1 is 1.18 bits per heavy atom. The highest BCUT2D eigenvalue weighted by Gasteiger charge is 2.07. The van der Waals surface area contributed by atoms with Crippen LogP contribution in [0.25, 0.3) is 0 Å². The van der Waals surface area contributed by atoms with Gasteiger partial charge in [0.25, 0.3) is 0 Å². The molecule has 0 heterocycles. The lowest BCUT2D eigenvalue weighted by Crippen LogP contribution is -2.12. The smallest absolute Gasteiger partial charge is 0.341 e. The van der Waals surface area contributed by atoms with Crippen molar-refractivity contribution in [3.63, 3.8) is 0 Å². The molecule has 17 heavy (non-hydrogen) atoms. The van der Waals surface area contributed by atoms with E-state index in [0.29, 0.717) is 24.1 Å². The number of hydrogen-bond acceptors (Lipinski definition) is 5. The van der Waals surface area contributed by atoms with Crippen molar-refractivity contribution >= 4 is 17.6 Å². The van der Waals surface area contributed by atoms with Crippen molar-refractivity contribution in [1.29, 1.82) is 0 Å². The predicted octanol–water partition coefficient (Wildman–Crippen LogP) is 1.73. The van der Waals surface area contributed by atoms with Crippen LogP contribution in [-0.2, 0) is 14.3 Å². The molecule has 0 aliphatic rings. The van der Waals surface area contributed by atoms with E-state index in [1.54, 1.807) is 24.3 Å². The minimum atomic E-state index is -0.547. The second-order valence-corrected chi connectivity index (χ2v) is 3.44. The van der Waals surface area contributed by atoms with Gasteiger partial charge in [-0.15, -0.1) is 0 Å². The Balaban J connectivity index is 2.35. The molecule has 0 spiro atoms. The quantitative estimate of drug-likeness (QED) is 0.479. The number of esters is 2. The van der Waals surface area contributed by atoms with Crippen LogP contribution in [0.4, 0.5) is 5.69 Å². The second kappa shape index (κ2) is 6.52. The van der Waals surface area contributed by atoms with Gasteiger partial charge >= 0.3 is 11.9 Å². The summed E-state index contributed by atoms with van der Waals surface area (Å²) in [5, 5.41) is 0. The first-order valence-corrected chi connectivity index (χ1v) is 5.31. The monoisotopic (exact) mass is 237 g/mol. The molecule has 0 radical (unpaired) electrons. The Bertz CT molecular complexity index is 386. The van der Waals surface area contributed by atoms with Crippen molar-refractivity contribution in [1.82, 2.24) is 0 Å². The summed E-state index contributed by atoms with van der Waals surface area (Å²) < 4.78 is 9.45. The summed E-state index contributed by atoms with van der Waals surface area (Å²) in [6, 6.07) is 6.29. The van der Waals surface area contributed by atoms with E-state index < -0.39 is 5.97 Å². The molecule has 0 aliphatic carbocycles. The molecule has 0 unspecified atom stereocenters. The first-order valence-electron chi connectivity index (χ1n) is 5.31. The maximum Gasteiger partial charge on any atom is 0.341 e. The van der Waals surface area contributed by atoms with E-state index in [4.69, 9.17) is 15.2 Å². The minimum absolute atomic E-state index is 0.319. The maximum atomic E-state index is 11.4. The van der Waals surface area contributed by atoms with Gasteiger partial charge in [-0.05, 0) is 30.7 Å². The first kappa shape index (κ1) is 13.0. The number of carbonyl (C=O) groups excluding carboxylic acids is 2. The number of nitrogen functional groups attached to an aromatic ring is 1. The molecule has 2 N–H and O–H groups in total. The average molecular weight is 237 g/mol. The summed E-state index contributed by atoms with van der Waals surface area (Å²) in [6.45, 7) is 1.50. The topological polar surface area (TPSA) is 78.6 Å². The third-order valence-electron chi connectivity index (χ3n) is 2.01. The Labute approximate surface area is 99.5 Å². The number of carbonyl (C=O) groups is 2. The molecule has 0 aliphatic heterocycles. The van der Waals surface area contributed by atoms with Crippen LogP contribution in [0, 0.1) is 0 Å². The van der Waals surface area contributed by atoms with Crippen LogP contribution in [0.2, 0.25) is 0 Å². The van der Waals surface area contributed by atoms with Crippen molar-refractivity contribution < 1.29 is 19.1 Å². The fourth-order valence-corrected chi connectivity index (χ4v) is 1.13. The minimum Gasteiger partial charge on any atom is -0.428 e. The lowest BCUT2D eigenvalue weighted by atomic mass is 10.2. The Morgan fingerprint density at radius 2 is 1.82 bits per heavy atom. The van der Waals surface area contributed by atoms with Crippen LogP contribution in [0.1, 0.15) is 30.1 Å². The first-order chi connectivity index (χ1) is 8.13. The largest absolute Gasteiger partial charge is 0.428 e. The molecule has 1 aromatic carbocycles. The summed E-state index contributed by atoms with van der Waals surface area (Å²) in [5.41, 5.74) is 6.41. The number of ether oxygens (including phenoxy) is 2. The highest BCUT2D eigenvalue weighted by atomic mass is 16.7. The molecule has 92 valence electrons. The molecule has 1 aromatic rings. The van der Waals surface area contributed by atoms with Crippen LogP contribution >= 0.6 is 0 Å². The van der Waals surface area contributed by atoms with Gasteiger partial charge in [-0.1, -0.05) is 6.92 Å². The Kier molecular flexibility index (Phi) is 5.00. The van der Waals surface area contributed by atoms with E-state index in [1.165, 1.54) is 0 Å².